The smallest absolute Gasteiger partial charge is 0.412 e. The van der Waals surface area contributed by atoms with Gasteiger partial charge in [-0.2, -0.15) is 0 Å². The van der Waals surface area contributed by atoms with Crippen LogP contribution in [0.25, 0.3) is 10.4 Å². The number of methoxy groups -OCH3 is 1. The number of imide groups is 2. The number of azide groups is 1. The Kier molecular flexibility index (Phi) is 20.9. The fourth-order valence-electron chi connectivity index (χ4n) is 13.5. The zero-order valence-corrected chi connectivity index (χ0v) is 54.4. The molecule has 4 fully saturated rings. The van der Waals surface area contributed by atoms with Crippen LogP contribution < -0.4 is 14.8 Å². The first kappa shape index (κ1) is 67.9. The molecule has 16 atom stereocenters. The third kappa shape index (κ3) is 14.7. The summed E-state index contributed by atoms with van der Waals surface area (Å²) in [6, 6.07) is 60.7. The second kappa shape index (κ2) is 31.1. The summed E-state index contributed by atoms with van der Waals surface area (Å²) in [4.78, 5) is 80.4. The summed E-state index contributed by atoms with van der Waals surface area (Å²) >= 11 is 0. The molecule has 6 heterocycles. The van der Waals surface area contributed by atoms with E-state index in [0.29, 0.717) is 33.9 Å². The van der Waals surface area contributed by atoms with Gasteiger partial charge in [0.1, 0.15) is 85.1 Å². The van der Waals surface area contributed by atoms with E-state index in [-0.39, 0.29) is 55.3 Å². The zero-order valence-electron chi connectivity index (χ0n) is 54.4. The highest BCUT2D eigenvalue weighted by Gasteiger charge is 2.62. The summed E-state index contributed by atoms with van der Waals surface area (Å²) < 4.78 is 87.5. The summed E-state index contributed by atoms with van der Waals surface area (Å²) in [5, 5.41) is 19.8. The van der Waals surface area contributed by atoms with Gasteiger partial charge in [-0.25, -0.2) is 4.79 Å². The standard InChI is InChI=1S/C76H70N6O19/c1-89-50-35-37-51(38-36-50)91-43-57-63(65(92-40-46-23-9-3-10-24-46)59(68(95-57)79-80-77)81-69(84)52-31-17-18-32-53(52)70(81)85)99-74-60(82-71(86)54-33-19-20-34-55(54)72(82)87)66(93-41-47-25-11-4-12-26-47)62(56(96-74)42-90-39-45-21-7-2-8-22-45)100-75-61(83)67(101-76(88)78-49-29-15-6-16-30-49)64-58(97-75)44-94-73(98-64)48-27-13-5-14-28-48/h2-38,56-68,73-75,83H,39-44H2,1H3,(H,78,88)/t56-,57-,58-,59-,60-,61-,62-,63-,64-,65-,66-,67-,68-,73-,74+,75+/m1/s1. The van der Waals surface area contributed by atoms with Crippen LogP contribution in [0.3, 0.4) is 0 Å². The third-order valence-electron chi connectivity index (χ3n) is 18.3. The topological polar surface area (TPSA) is 293 Å². The minimum atomic E-state index is -1.88. The van der Waals surface area contributed by atoms with Crippen molar-refractivity contribution in [2.45, 2.75) is 118 Å². The molecule has 0 unspecified atom stereocenters. The Bertz CT molecular complexity index is 4170. The van der Waals surface area contributed by atoms with E-state index in [1.807, 2.05) is 72.8 Å². The molecule has 0 saturated carbocycles. The Labute approximate surface area is 579 Å². The fraction of sp³-hybridized carbons (Fsp3) is 0.303. The number of carbonyl (C=O) groups is 5. The van der Waals surface area contributed by atoms with Crippen LogP contribution in [-0.4, -0.2) is 163 Å². The lowest BCUT2D eigenvalue weighted by atomic mass is 9.92. The number of aliphatic hydroxyl groups is 1. The number of benzene rings is 8. The van der Waals surface area contributed by atoms with Crippen LogP contribution in [0.2, 0.25) is 0 Å². The number of hydrogen-bond donors (Lipinski definition) is 2. The first-order chi connectivity index (χ1) is 49.5. The number of anilines is 1. The fourth-order valence-corrected chi connectivity index (χ4v) is 13.5. The van der Waals surface area contributed by atoms with Crippen LogP contribution >= 0.6 is 0 Å². The molecule has 0 aromatic heterocycles. The molecular weight excluding hydrogens is 1300 g/mol. The number of para-hydroxylation sites is 1. The van der Waals surface area contributed by atoms with Crippen molar-refractivity contribution < 1.29 is 90.7 Å². The van der Waals surface area contributed by atoms with Crippen molar-refractivity contribution in [2.75, 3.05) is 32.2 Å². The maximum atomic E-state index is 15.6. The number of carbonyl (C=O) groups excluding carboxylic acids is 5. The molecule has 2 N–H and O–H groups in total. The van der Waals surface area contributed by atoms with E-state index in [9.17, 15) is 25.0 Å². The maximum absolute atomic E-state index is 15.6. The van der Waals surface area contributed by atoms with Gasteiger partial charge in [-0.3, -0.25) is 34.3 Å². The lowest BCUT2D eigenvalue weighted by molar-refractivity contribution is -0.387. The molecule has 101 heavy (non-hydrogen) atoms. The van der Waals surface area contributed by atoms with Gasteiger partial charge in [-0.05, 0) is 82.9 Å². The van der Waals surface area contributed by atoms with E-state index < -0.39 is 135 Å². The van der Waals surface area contributed by atoms with Gasteiger partial charge in [0.15, 0.2) is 31.2 Å². The summed E-state index contributed by atoms with van der Waals surface area (Å²) in [5.41, 5.74) is 13.7. The average Bonchev–Trinajstić information content (AvgIpc) is 1.71. The molecule has 0 spiro atoms. The summed E-state index contributed by atoms with van der Waals surface area (Å²) in [5.74, 6) is -2.25. The van der Waals surface area contributed by atoms with Crippen molar-refractivity contribution in [2.24, 2.45) is 5.11 Å². The number of fused-ring (bicyclic) bond motifs is 3. The van der Waals surface area contributed by atoms with Crippen molar-refractivity contribution in [1.29, 1.82) is 0 Å². The van der Waals surface area contributed by atoms with Crippen molar-refractivity contribution in [3.8, 4) is 11.5 Å². The Morgan fingerprint density at radius 3 is 1.55 bits per heavy atom. The molecule has 6 aliphatic heterocycles. The number of nitrogens with zero attached hydrogens (tertiary/aromatic N) is 5. The minimum absolute atomic E-state index is 0.00568. The van der Waals surface area contributed by atoms with Gasteiger partial charge in [0.25, 0.3) is 23.6 Å². The molecule has 0 bridgehead atoms. The molecule has 518 valence electrons. The van der Waals surface area contributed by atoms with Crippen LogP contribution in [0.5, 0.6) is 11.5 Å². The van der Waals surface area contributed by atoms with Gasteiger partial charge in [0.2, 0.25) is 0 Å². The highest BCUT2D eigenvalue weighted by molar-refractivity contribution is 6.22. The summed E-state index contributed by atoms with van der Waals surface area (Å²) in [7, 11) is 1.52. The van der Waals surface area contributed by atoms with Gasteiger partial charge in [0, 0.05) is 16.2 Å². The normalized spacial score (nSPS) is 27.5. The molecule has 5 amide bonds. The molecule has 14 rings (SSSR count). The zero-order chi connectivity index (χ0) is 69.3. The number of aliphatic hydroxyl groups excluding tert-OH is 1. The van der Waals surface area contributed by atoms with Crippen LogP contribution in [0.15, 0.2) is 230 Å². The van der Waals surface area contributed by atoms with Crippen molar-refractivity contribution in [1.82, 2.24) is 9.80 Å². The Morgan fingerprint density at radius 1 is 0.535 bits per heavy atom. The molecule has 8 aromatic carbocycles. The predicted molar refractivity (Wildman–Crippen MR) is 357 cm³/mol. The van der Waals surface area contributed by atoms with Crippen LogP contribution in [0, 0.1) is 0 Å². The predicted octanol–water partition coefficient (Wildman–Crippen LogP) is 10.1. The third-order valence-corrected chi connectivity index (χ3v) is 18.3. The van der Waals surface area contributed by atoms with E-state index in [1.165, 1.54) is 31.4 Å². The number of rotatable bonds is 24. The molecular formula is C76H70N6O19. The largest absolute Gasteiger partial charge is 0.497 e. The van der Waals surface area contributed by atoms with E-state index in [4.69, 9.17) is 61.6 Å². The number of hydrogen-bond acceptors (Lipinski definition) is 20. The van der Waals surface area contributed by atoms with E-state index in [1.54, 1.807) is 127 Å². The lowest BCUT2D eigenvalue weighted by Gasteiger charge is -2.53. The van der Waals surface area contributed by atoms with Crippen molar-refractivity contribution in [3.63, 3.8) is 0 Å². The molecule has 0 aliphatic carbocycles. The molecule has 25 nitrogen and oxygen atoms in total. The van der Waals surface area contributed by atoms with Crippen LogP contribution in [-0.2, 0) is 71.9 Å². The van der Waals surface area contributed by atoms with Crippen LogP contribution in [0.4, 0.5) is 10.5 Å². The molecule has 4 saturated heterocycles. The Morgan fingerprint density at radius 2 is 1.01 bits per heavy atom. The second-order valence-electron chi connectivity index (χ2n) is 24.6. The van der Waals surface area contributed by atoms with Crippen molar-refractivity contribution >= 4 is 35.4 Å². The molecule has 8 aromatic rings. The first-order valence-corrected chi connectivity index (χ1v) is 33.0. The van der Waals surface area contributed by atoms with Gasteiger partial charge in [-0.1, -0.05) is 169 Å². The Hall–Kier alpha value is -10.2. The maximum Gasteiger partial charge on any atom is 0.412 e. The lowest BCUT2D eigenvalue weighted by Crippen LogP contribution is -2.71. The highest BCUT2D eigenvalue weighted by atomic mass is 16.8. The second-order valence-corrected chi connectivity index (χ2v) is 24.6. The summed E-state index contributed by atoms with van der Waals surface area (Å²) in [6.45, 7) is -1.35. The molecule has 25 heteroatoms. The first-order valence-electron chi connectivity index (χ1n) is 33.0. The average molecular weight is 1370 g/mol. The highest BCUT2D eigenvalue weighted by Crippen LogP contribution is 2.44. The molecule has 0 radical (unpaired) electrons. The van der Waals surface area contributed by atoms with E-state index in [2.05, 4.69) is 15.3 Å². The Balaban J connectivity index is 0.908. The summed E-state index contributed by atoms with van der Waals surface area (Å²) in [6.07, 6.45) is -22.1. The quantitative estimate of drug-likeness (QED) is 0.0246. The number of amides is 5. The van der Waals surface area contributed by atoms with Gasteiger partial charge in [-0.15, -0.1) is 0 Å². The van der Waals surface area contributed by atoms with E-state index >= 15 is 9.59 Å². The van der Waals surface area contributed by atoms with Crippen molar-refractivity contribution in [3.05, 3.63) is 279 Å². The monoisotopic (exact) mass is 1370 g/mol. The number of ether oxygens (including phenoxy) is 13. The van der Waals surface area contributed by atoms with Crippen LogP contribution in [0.1, 0.15) is 70.0 Å². The van der Waals surface area contributed by atoms with E-state index in [0.717, 1.165) is 15.4 Å². The minimum Gasteiger partial charge on any atom is -0.497 e. The molecule has 6 aliphatic rings. The SMILES string of the molecule is COc1ccc(OC[C@H]2O[C@@H](N=[N+]=[N-])[C@H](N3C(=O)c4ccccc4C3=O)[C@@H](OCc3ccccc3)[C@@H]2O[C@@H]2O[C@H](COCc3ccccc3)[C@@H](O[C@@H]3O[C@@H]4CO[C@@H](c5ccccc5)O[C@H]4[C@H](OC(=O)Nc4ccccc4)[C@H]3O)[C@H](OCc3ccccc3)[C@H]2N2C(=O)c3ccccc3C2=O)cc1. The number of nitrogens with one attached hydrogen (secondary N) is 1. The van der Waals surface area contributed by atoms with Gasteiger partial charge < -0.3 is 66.7 Å². The van der Waals surface area contributed by atoms with Gasteiger partial charge >= 0.3 is 6.09 Å². The van der Waals surface area contributed by atoms with Gasteiger partial charge in [0.05, 0.1) is 62.4 Å².